The second kappa shape index (κ2) is 5.07. The fraction of sp³-hybridized carbons (Fsp3) is 0.462. The van der Waals surface area contributed by atoms with Crippen LogP contribution in [0.2, 0.25) is 0 Å². The highest BCUT2D eigenvalue weighted by Gasteiger charge is 2.29. The third-order valence-corrected chi connectivity index (χ3v) is 4.02. The third kappa shape index (κ3) is 2.46. The van der Waals surface area contributed by atoms with Gasteiger partial charge in [-0.05, 0) is 59.9 Å². The van der Waals surface area contributed by atoms with Gasteiger partial charge in [-0.3, -0.25) is 0 Å². The number of benzene rings is 1. The molecule has 1 aliphatic rings. The fourth-order valence-corrected chi connectivity index (χ4v) is 3.06. The first kappa shape index (κ1) is 12.4. The number of rotatable bonds is 2. The molecule has 1 fully saturated rings. The van der Waals surface area contributed by atoms with Crippen molar-refractivity contribution in [2.75, 3.05) is 18.0 Å². The van der Waals surface area contributed by atoms with E-state index in [1.807, 2.05) is 18.2 Å². The first-order valence-corrected chi connectivity index (χ1v) is 6.61. The minimum absolute atomic E-state index is 0.507. The number of nitrogens with two attached hydrogens (primary N) is 1. The van der Waals surface area contributed by atoms with Crippen LogP contribution in [-0.4, -0.2) is 19.1 Å². The number of hydrogen-bond donors (Lipinski definition) is 1. The Bertz CT molecular complexity index is 452. The van der Waals surface area contributed by atoms with Gasteiger partial charge in [0.2, 0.25) is 0 Å². The van der Waals surface area contributed by atoms with Crippen molar-refractivity contribution in [1.29, 1.82) is 5.26 Å². The molecule has 0 bridgehead atoms. The standard InChI is InChI=1S/C13H16BrN3/c1-9-4-11(7-16)8-17(9)13-3-2-10(6-15)5-12(13)14/h2-3,5,9,11H,4,7-8,16H2,1H3. The van der Waals surface area contributed by atoms with Crippen molar-refractivity contribution in [1.82, 2.24) is 0 Å². The van der Waals surface area contributed by atoms with Gasteiger partial charge >= 0.3 is 0 Å². The molecule has 0 aliphatic carbocycles. The molecule has 90 valence electrons. The van der Waals surface area contributed by atoms with Crippen LogP contribution < -0.4 is 10.6 Å². The normalized spacial score (nSPS) is 23.8. The Labute approximate surface area is 110 Å². The second-order valence-corrected chi connectivity index (χ2v) is 5.47. The van der Waals surface area contributed by atoms with Crippen LogP contribution in [-0.2, 0) is 0 Å². The van der Waals surface area contributed by atoms with Gasteiger partial charge in [-0.15, -0.1) is 0 Å². The van der Waals surface area contributed by atoms with Crippen LogP contribution in [0.4, 0.5) is 5.69 Å². The monoisotopic (exact) mass is 293 g/mol. The highest BCUT2D eigenvalue weighted by atomic mass is 79.9. The predicted molar refractivity (Wildman–Crippen MR) is 72.8 cm³/mol. The first-order valence-electron chi connectivity index (χ1n) is 5.82. The maximum Gasteiger partial charge on any atom is 0.0992 e. The molecule has 1 aliphatic heterocycles. The number of halogens is 1. The van der Waals surface area contributed by atoms with Gasteiger partial charge in [0.25, 0.3) is 0 Å². The van der Waals surface area contributed by atoms with Gasteiger partial charge in [-0.25, -0.2) is 0 Å². The molecule has 1 saturated heterocycles. The molecule has 1 heterocycles. The van der Waals surface area contributed by atoms with Crippen LogP contribution >= 0.6 is 15.9 Å². The molecule has 4 heteroatoms. The molecule has 0 aromatic heterocycles. The summed E-state index contributed by atoms with van der Waals surface area (Å²) in [6.45, 7) is 3.97. The molecule has 2 atom stereocenters. The molecule has 0 radical (unpaired) electrons. The van der Waals surface area contributed by atoms with E-state index in [1.54, 1.807) is 0 Å². The Morgan fingerprint density at radius 2 is 2.35 bits per heavy atom. The maximum absolute atomic E-state index is 8.85. The van der Waals surface area contributed by atoms with Crippen LogP contribution in [0.5, 0.6) is 0 Å². The van der Waals surface area contributed by atoms with E-state index in [1.165, 1.54) is 0 Å². The number of nitriles is 1. The van der Waals surface area contributed by atoms with Crippen LogP contribution in [0, 0.1) is 17.2 Å². The van der Waals surface area contributed by atoms with E-state index in [2.05, 4.69) is 33.8 Å². The fourth-order valence-electron chi connectivity index (χ4n) is 2.46. The highest BCUT2D eigenvalue weighted by molar-refractivity contribution is 9.10. The number of anilines is 1. The smallest absolute Gasteiger partial charge is 0.0992 e. The Morgan fingerprint density at radius 1 is 1.59 bits per heavy atom. The van der Waals surface area contributed by atoms with Crippen molar-refractivity contribution < 1.29 is 0 Å². The van der Waals surface area contributed by atoms with Gasteiger partial charge in [0.05, 0.1) is 17.3 Å². The van der Waals surface area contributed by atoms with Gasteiger partial charge in [0, 0.05) is 17.1 Å². The van der Waals surface area contributed by atoms with Crippen LogP contribution in [0.3, 0.4) is 0 Å². The van der Waals surface area contributed by atoms with Crippen molar-refractivity contribution in [2.45, 2.75) is 19.4 Å². The minimum atomic E-state index is 0.507. The Balaban J connectivity index is 2.26. The quantitative estimate of drug-likeness (QED) is 0.911. The largest absolute Gasteiger partial charge is 0.368 e. The molecule has 3 nitrogen and oxygen atoms in total. The molecule has 0 saturated carbocycles. The first-order chi connectivity index (χ1) is 8.15. The summed E-state index contributed by atoms with van der Waals surface area (Å²) in [5.74, 6) is 0.576. The van der Waals surface area contributed by atoms with E-state index in [4.69, 9.17) is 11.0 Å². The Morgan fingerprint density at radius 3 is 2.88 bits per heavy atom. The Hall–Kier alpha value is -1.05. The van der Waals surface area contributed by atoms with Crippen molar-refractivity contribution in [3.05, 3.63) is 28.2 Å². The summed E-state index contributed by atoms with van der Waals surface area (Å²) in [6.07, 6.45) is 1.14. The zero-order valence-corrected chi connectivity index (χ0v) is 11.4. The second-order valence-electron chi connectivity index (χ2n) is 4.62. The maximum atomic E-state index is 8.85. The van der Waals surface area contributed by atoms with E-state index in [9.17, 15) is 0 Å². The lowest BCUT2D eigenvalue weighted by molar-refractivity contribution is 0.579. The van der Waals surface area contributed by atoms with Crippen molar-refractivity contribution in [2.24, 2.45) is 11.7 Å². The SMILES string of the molecule is CC1CC(CN)CN1c1ccc(C#N)cc1Br. The highest BCUT2D eigenvalue weighted by Crippen LogP contribution is 2.34. The summed E-state index contributed by atoms with van der Waals surface area (Å²) in [7, 11) is 0. The summed E-state index contributed by atoms with van der Waals surface area (Å²) in [5, 5.41) is 8.85. The van der Waals surface area contributed by atoms with Crippen LogP contribution in [0.25, 0.3) is 0 Å². The van der Waals surface area contributed by atoms with E-state index < -0.39 is 0 Å². The molecule has 2 N–H and O–H groups in total. The van der Waals surface area contributed by atoms with Crippen molar-refractivity contribution in [3.8, 4) is 6.07 Å². The summed E-state index contributed by atoms with van der Waals surface area (Å²) in [5.41, 5.74) is 7.58. The molecular weight excluding hydrogens is 278 g/mol. The van der Waals surface area contributed by atoms with Crippen molar-refractivity contribution in [3.63, 3.8) is 0 Å². The average Bonchev–Trinajstić information content (AvgIpc) is 2.70. The summed E-state index contributed by atoms with van der Waals surface area (Å²) < 4.78 is 0.987. The third-order valence-electron chi connectivity index (χ3n) is 3.38. The lowest BCUT2D eigenvalue weighted by atomic mass is 10.1. The molecule has 2 rings (SSSR count). The number of nitrogens with zero attached hydrogens (tertiary/aromatic N) is 2. The lowest BCUT2D eigenvalue weighted by Crippen LogP contribution is -2.27. The molecular formula is C13H16BrN3. The molecule has 0 spiro atoms. The van der Waals surface area contributed by atoms with Crippen LogP contribution in [0.1, 0.15) is 18.9 Å². The zero-order chi connectivity index (χ0) is 12.4. The molecule has 17 heavy (non-hydrogen) atoms. The van der Waals surface area contributed by atoms with Crippen molar-refractivity contribution >= 4 is 21.6 Å². The average molecular weight is 294 g/mol. The van der Waals surface area contributed by atoms with E-state index in [-0.39, 0.29) is 0 Å². The van der Waals surface area contributed by atoms with E-state index >= 15 is 0 Å². The van der Waals surface area contributed by atoms with Crippen LogP contribution in [0.15, 0.2) is 22.7 Å². The topological polar surface area (TPSA) is 53.0 Å². The predicted octanol–water partition coefficient (Wildman–Crippen LogP) is 2.49. The Kier molecular flexibility index (Phi) is 3.70. The molecule has 0 amide bonds. The molecule has 1 aromatic carbocycles. The van der Waals surface area contributed by atoms with Gasteiger partial charge in [0.15, 0.2) is 0 Å². The molecule has 2 unspecified atom stereocenters. The van der Waals surface area contributed by atoms with E-state index in [0.717, 1.165) is 29.7 Å². The van der Waals surface area contributed by atoms with Gasteiger partial charge < -0.3 is 10.6 Å². The van der Waals surface area contributed by atoms with E-state index in [0.29, 0.717) is 17.5 Å². The summed E-state index contributed by atoms with van der Waals surface area (Å²) >= 11 is 3.54. The minimum Gasteiger partial charge on any atom is -0.368 e. The summed E-state index contributed by atoms with van der Waals surface area (Å²) in [4.78, 5) is 2.36. The summed E-state index contributed by atoms with van der Waals surface area (Å²) in [6, 6.07) is 8.40. The van der Waals surface area contributed by atoms with Gasteiger partial charge in [-0.1, -0.05) is 0 Å². The number of hydrogen-bond acceptors (Lipinski definition) is 3. The molecule has 1 aromatic rings. The lowest BCUT2D eigenvalue weighted by Gasteiger charge is -2.25. The van der Waals surface area contributed by atoms with Gasteiger partial charge in [0.1, 0.15) is 0 Å². The zero-order valence-electron chi connectivity index (χ0n) is 9.86. The van der Waals surface area contributed by atoms with Gasteiger partial charge in [-0.2, -0.15) is 5.26 Å².